The molecule has 1 aliphatic rings. The Morgan fingerprint density at radius 2 is 2.00 bits per heavy atom. The number of nitrogens with zero attached hydrogens (tertiary/aromatic N) is 4. The Bertz CT molecular complexity index is 845. The third-order valence-electron chi connectivity index (χ3n) is 4.49. The summed E-state index contributed by atoms with van der Waals surface area (Å²) in [5.41, 5.74) is 3.57. The molecule has 0 aliphatic carbocycles. The number of hydrogen-bond acceptors (Lipinski definition) is 7. The molecule has 1 N–H and O–H groups in total. The van der Waals surface area contributed by atoms with E-state index >= 15 is 0 Å². The Labute approximate surface area is 186 Å². The van der Waals surface area contributed by atoms with E-state index in [-0.39, 0.29) is 11.7 Å². The zero-order valence-corrected chi connectivity index (χ0v) is 18.5. The van der Waals surface area contributed by atoms with Gasteiger partial charge in [-0.2, -0.15) is 0 Å². The van der Waals surface area contributed by atoms with Gasteiger partial charge in [0.2, 0.25) is 0 Å². The summed E-state index contributed by atoms with van der Waals surface area (Å²) in [6.07, 6.45) is 4.36. The van der Waals surface area contributed by atoms with E-state index in [9.17, 15) is 4.79 Å². The molecule has 0 bridgehead atoms. The van der Waals surface area contributed by atoms with E-state index in [1.54, 1.807) is 13.0 Å². The first-order chi connectivity index (χ1) is 14.6. The van der Waals surface area contributed by atoms with E-state index in [2.05, 4.69) is 49.5 Å². The van der Waals surface area contributed by atoms with Crippen molar-refractivity contribution in [3.63, 3.8) is 0 Å². The monoisotopic (exact) mass is 447 g/mol. The highest BCUT2D eigenvalue weighted by Crippen LogP contribution is 2.22. The van der Waals surface area contributed by atoms with Gasteiger partial charge in [-0.05, 0) is 12.5 Å². The first-order valence-electron chi connectivity index (χ1n) is 9.91. The SMILES string of the molecule is CCONC(=O)CSc1nc(Cl)cc(N2CCN(CC=Cc3ccccc3)CC2)n1. The van der Waals surface area contributed by atoms with E-state index in [1.165, 1.54) is 17.3 Å². The largest absolute Gasteiger partial charge is 0.354 e. The van der Waals surface area contributed by atoms with Crippen LogP contribution in [0.25, 0.3) is 6.08 Å². The minimum atomic E-state index is -0.232. The van der Waals surface area contributed by atoms with Crippen molar-refractivity contribution in [1.29, 1.82) is 0 Å². The molecule has 1 saturated heterocycles. The maximum atomic E-state index is 11.7. The van der Waals surface area contributed by atoms with E-state index in [0.29, 0.717) is 16.9 Å². The maximum absolute atomic E-state index is 11.7. The molecule has 7 nitrogen and oxygen atoms in total. The molecule has 0 spiro atoms. The van der Waals surface area contributed by atoms with Gasteiger partial charge in [-0.15, -0.1) is 0 Å². The average Bonchev–Trinajstić information content (AvgIpc) is 2.77. The number of amides is 1. The maximum Gasteiger partial charge on any atom is 0.254 e. The zero-order chi connectivity index (χ0) is 21.2. The predicted octanol–water partition coefficient (Wildman–Crippen LogP) is 3.13. The molecule has 1 aromatic heterocycles. The summed E-state index contributed by atoms with van der Waals surface area (Å²) < 4.78 is 0. The van der Waals surface area contributed by atoms with Gasteiger partial charge in [0, 0.05) is 38.8 Å². The van der Waals surface area contributed by atoms with Crippen LogP contribution in [0.1, 0.15) is 12.5 Å². The summed E-state index contributed by atoms with van der Waals surface area (Å²) in [6.45, 7) is 6.76. The van der Waals surface area contributed by atoms with Crippen LogP contribution >= 0.6 is 23.4 Å². The van der Waals surface area contributed by atoms with Crippen molar-refractivity contribution in [2.45, 2.75) is 12.1 Å². The molecule has 0 unspecified atom stereocenters. The van der Waals surface area contributed by atoms with E-state index < -0.39 is 0 Å². The molecular formula is C21H26ClN5O2S. The van der Waals surface area contributed by atoms with E-state index in [1.807, 2.05) is 18.2 Å². The number of rotatable bonds is 9. The van der Waals surface area contributed by atoms with Gasteiger partial charge in [0.15, 0.2) is 5.16 Å². The number of nitrogens with one attached hydrogen (secondary N) is 1. The second-order valence-corrected chi connectivity index (χ2v) is 8.01. The lowest BCUT2D eigenvalue weighted by Crippen LogP contribution is -2.46. The van der Waals surface area contributed by atoms with Crippen molar-refractivity contribution in [2.24, 2.45) is 0 Å². The number of piperazine rings is 1. The van der Waals surface area contributed by atoms with Gasteiger partial charge >= 0.3 is 0 Å². The third-order valence-corrected chi connectivity index (χ3v) is 5.53. The van der Waals surface area contributed by atoms with Crippen molar-refractivity contribution in [3.05, 3.63) is 53.2 Å². The quantitative estimate of drug-likeness (QED) is 0.274. The molecule has 9 heteroatoms. The summed E-state index contributed by atoms with van der Waals surface area (Å²) in [5.74, 6) is 0.729. The summed E-state index contributed by atoms with van der Waals surface area (Å²) in [5, 5.41) is 0.860. The van der Waals surface area contributed by atoms with Gasteiger partial charge in [0.05, 0.1) is 12.4 Å². The van der Waals surface area contributed by atoms with E-state index in [0.717, 1.165) is 38.5 Å². The molecule has 160 valence electrons. The number of benzene rings is 1. The number of aromatic nitrogens is 2. The Morgan fingerprint density at radius 1 is 1.23 bits per heavy atom. The Balaban J connectivity index is 1.49. The molecule has 1 aliphatic heterocycles. The van der Waals surface area contributed by atoms with Crippen LogP contribution < -0.4 is 10.4 Å². The second-order valence-electron chi connectivity index (χ2n) is 6.68. The van der Waals surface area contributed by atoms with E-state index in [4.69, 9.17) is 16.4 Å². The van der Waals surface area contributed by atoms with Crippen LogP contribution in [0.5, 0.6) is 0 Å². The average molecular weight is 448 g/mol. The summed E-state index contributed by atoms with van der Waals surface area (Å²) >= 11 is 7.42. The smallest absolute Gasteiger partial charge is 0.254 e. The Morgan fingerprint density at radius 3 is 2.73 bits per heavy atom. The highest BCUT2D eigenvalue weighted by atomic mass is 35.5. The molecule has 1 aromatic carbocycles. The minimum absolute atomic E-state index is 0.168. The number of carbonyl (C=O) groups is 1. The number of hydrogen-bond donors (Lipinski definition) is 1. The fraction of sp³-hybridized carbons (Fsp3) is 0.381. The van der Waals surface area contributed by atoms with Crippen LogP contribution in [-0.2, 0) is 9.63 Å². The molecule has 30 heavy (non-hydrogen) atoms. The highest BCUT2D eigenvalue weighted by molar-refractivity contribution is 7.99. The second kappa shape index (κ2) is 11.9. The number of carbonyl (C=O) groups excluding carboxylic acids is 1. The number of anilines is 1. The molecule has 0 radical (unpaired) electrons. The standard InChI is InChI=1S/C21H26ClN5O2S/c1-2-29-25-20(28)16-30-21-23-18(22)15-19(24-21)27-13-11-26(12-14-27)10-6-9-17-7-4-3-5-8-17/h3-9,15H,2,10-14,16H2,1H3,(H,25,28). The van der Waals surface area contributed by atoms with Crippen molar-refractivity contribution in [3.8, 4) is 0 Å². The van der Waals surface area contributed by atoms with Crippen molar-refractivity contribution < 1.29 is 9.63 Å². The fourth-order valence-electron chi connectivity index (χ4n) is 2.99. The van der Waals surface area contributed by atoms with Gasteiger partial charge in [-0.3, -0.25) is 14.5 Å². The van der Waals surface area contributed by atoms with Gasteiger partial charge < -0.3 is 4.90 Å². The molecule has 0 saturated carbocycles. The lowest BCUT2D eigenvalue weighted by molar-refractivity contribution is -0.130. The van der Waals surface area contributed by atoms with Gasteiger partial charge in [-0.1, -0.05) is 65.8 Å². The first kappa shape index (κ1) is 22.6. The fourth-order valence-corrected chi connectivity index (χ4v) is 3.85. The Kier molecular flexibility index (Phi) is 8.95. The van der Waals surface area contributed by atoms with Crippen molar-refractivity contribution in [1.82, 2.24) is 20.3 Å². The van der Waals surface area contributed by atoms with Crippen LogP contribution in [0.3, 0.4) is 0 Å². The molecule has 2 aromatic rings. The van der Waals surface area contributed by atoms with Crippen LogP contribution in [0, 0.1) is 0 Å². The summed E-state index contributed by atoms with van der Waals surface area (Å²) in [6, 6.07) is 12.1. The number of halogens is 1. The molecule has 0 atom stereocenters. The molecule has 1 fully saturated rings. The molecule has 1 amide bonds. The summed E-state index contributed by atoms with van der Waals surface area (Å²) in [7, 11) is 0. The lowest BCUT2D eigenvalue weighted by atomic mass is 10.2. The van der Waals surface area contributed by atoms with Crippen molar-refractivity contribution >= 4 is 41.2 Å². The van der Waals surface area contributed by atoms with Crippen LogP contribution in [0.2, 0.25) is 5.15 Å². The Hall–Kier alpha value is -2.13. The van der Waals surface area contributed by atoms with Gasteiger partial charge in [-0.25, -0.2) is 15.4 Å². The predicted molar refractivity (Wildman–Crippen MR) is 122 cm³/mol. The molecule has 3 rings (SSSR count). The number of thioether (sulfide) groups is 1. The van der Waals surface area contributed by atoms with Crippen LogP contribution in [-0.4, -0.2) is 65.9 Å². The normalized spacial score (nSPS) is 14.9. The molecular weight excluding hydrogens is 422 g/mol. The first-order valence-corrected chi connectivity index (χ1v) is 11.3. The highest BCUT2D eigenvalue weighted by Gasteiger charge is 2.19. The van der Waals surface area contributed by atoms with Crippen LogP contribution in [0.4, 0.5) is 5.82 Å². The van der Waals surface area contributed by atoms with Crippen LogP contribution in [0.15, 0.2) is 47.6 Å². The van der Waals surface area contributed by atoms with Gasteiger partial charge in [0.25, 0.3) is 5.91 Å². The van der Waals surface area contributed by atoms with Crippen molar-refractivity contribution in [2.75, 3.05) is 50.0 Å². The summed E-state index contributed by atoms with van der Waals surface area (Å²) in [4.78, 5) is 30.0. The molecule has 2 heterocycles. The lowest BCUT2D eigenvalue weighted by Gasteiger charge is -2.35. The number of hydroxylamine groups is 1. The van der Waals surface area contributed by atoms with Gasteiger partial charge in [0.1, 0.15) is 11.0 Å². The topological polar surface area (TPSA) is 70.6 Å². The zero-order valence-electron chi connectivity index (χ0n) is 17.0. The minimum Gasteiger partial charge on any atom is -0.354 e. The third kappa shape index (κ3) is 7.28.